The fraction of sp³-hybridized carbons (Fsp3) is 0.278. The lowest BCUT2D eigenvalue weighted by atomic mass is 10.0. The Morgan fingerprint density at radius 1 is 1.23 bits per heavy atom. The average Bonchev–Trinajstić information content (AvgIpc) is 2.60. The number of halogens is 1. The van der Waals surface area contributed by atoms with Crippen LogP contribution in [0.2, 0.25) is 0 Å². The third-order valence-electron chi connectivity index (χ3n) is 3.79. The Labute approximate surface area is 151 Å². The predicted octanol–water partition coefficient (Wildman–Crippen LogP) is 2.59. The van der Waals surface area contributed by atoms with Gasteiger partial charge in [0.2, 0.25) is 10.0 Å². The Kier molecular flexibility index (Phi) is 6.70. The molecule has 0 saturated carbocycles. The van der Waals surface area contributed by atoms with Crippen LogP contribution in [-0.2, 0) is 21.2 Å². The predicted molar refractivity (Wildman–Crippen MR) is 94.1 cm³/mol. The molecule has 2 rings (SSSR count). The second-order valence-electron chi connectivity index (χ2n) is 5.74. The maximum absolute atomic E-state index is 13.5. The zero-order valence-electron chi connectivity index (χ0n) is 14.2. The Morgan fingerprint density at radius 2 is 1.92 bits per heavy atom. The van der Waals surface area contributed by atoms with E-state index < -0.39 is 27.9 Å². The first-order valence-electron chi connectivity index (χ1n) is 7.93. The molecule has 1 unspecified atom stereocenters. The molecule has 2 aromatic carbocycles. The molecule has 0 saturated heterocycles. The number of hydrogen-bond donors (Lipinski definition) is 2. The van der Waals surface area contributed by atoms with Crippen molar-refractivity contribution in [2.24, 2.45) is 0 Å². The first-order valence-corrected chi connectivity index (χ1v) is 9.41. The Hall–Kier alpha value is -2.45. The summed E-state index contributed by atoms with van der Waals surface area (Å²) in [5, 5.41) is 8.91. The van der Waals surface area contributed by atoms with Crippen LogP contribution in [0.5, 0.6) is 5.75 Å². The zero-order valence-corrected chi connectivity index (χ0v) is 15.0. The fourth-order valence-electron chi connectivity index (χ4n) is 2.49. The molecular formula is C18H20FNO5S. The van der Waals surface area contributed by atoms with Crippen molar-refractivity contribution in [2.75, 3.05) is 7.11 Å². The first kappa shape index (κ1) is 19.9. The standard InChI is InChI=1S/C18H20FNO5S/c1-25-17-12-15(8-9-16(17)19)26(23,24)20-14(7-10-18(21)22)11-13-5-3-2-4-6-13/h2-6,8-9,12,14,20H,7,10-11H2,1H3,(H,21,22). The molecule has 0 amide bonds. The quantitative estimate of drug-likeness (QED) is 0.696. The van der Waals surface area contributed by atoms with E-state index in [0.717, 1.165) is 23.8 Å². The summed E-state index contributed by atoms with van der Waals surface area (Å²) < 4.78 is 46.1. The maximum atomic E-state index is 13.5. The maximum Gasteiger partial charge on any atom is 0.303 e. The number of carbonyl (C=O) groups is 1. The molecule has 140 valence electrons. The summed E-state index contributed by atoms with van der Waals surface area (Å²) >= 11 is 0. The van der Waals surface area contributed by atoms with Crippen LogP contribution in [0.3, 0.4) is 0 Å². The number of methoxy groups -OCH3 is 1. The van der Waals surface area contributed by atoms with Crippen molar-refractivity contribution in [2.45, 2.75) is 30.2 Å². The van der Waals surface area contributed by atoms with E-state index in [1.165, 1.54) is 7.11 Å². The topological polar surface area (TPSA) is 92.7 Å². The monoisotopic (exact) mass is 381 g/mol. The van der Waals surface area contributed by atoms with Gasteiger partial charge in [-0.1, -0.05) is 30.3 Å². The van der Waals surface area contributed by atoms with Gasteiger partial charge in [-0.15, -0.1) is 0 Å². The molecule has 8 heteroatoms. The van der Waals surface area contributed by atoms with Crippen LogP contribution in [0.1, 0.15) is 18.4 Å². The smallest absolute Gasteiger partial charge is 0.303 e. The Morgan fingerprint density at radius 3 is 2.54 bits per heavy atom. The van der Waals surface area contributed by atoms with E-state index in [2.05, 4.69) is 4.72 Å². The van der Waals surface area contributed by atoms with Gasteiger partial charge in [0.25, 0.3) is 0 Å². The fourth-order valence-corrected chi connectivity index (χ4v) is 3.78. The SMILES string of the molecule is COc1cc(S(=O)(=O)NC(CCC(=O)O)Cc2ccccc2)ccc1F. The summed E-state index contributed by atoms with van der Waals surface area (Å²) in [4.78, 5) is 10.7. The van der Waals surface area contributed by atoms with E-state index in [1.54, 1.807) is 0 Å². The number of aliphatic carboxylic acids is 1. The van der Waals surface area contributed by atoms with Gasteiger partial charge in [0.1, 0.15) is 0 Å². The number of ether oxygens (including phenoxy) is 1. The van der Waals surface area contributed by atoms with E-state index in [1.807, 2.05) is 30.3 Å². The van der Waals surface area contributed by atoms with E-state index in [-0.39, 0.29) is 23.5 Å². The molecular weight excluding hydrogens is 361 g/mol. The van der Waals surface area contributed by atoms with Gasteiger partial charge < -0.3 is 9.84 Å². The molecule has 0 aromatic heterocycles. The molecule has 1 atom stereocenters. The number of hydrogen-bond acceptors (Lipinski definition) is 4. The molecule has 0 radical (unpaired) electrons. The lowest BCUT2D eigenvalue weighted by Crippen LogP contribution is -2.37. The van der Waals surface area contributed by atoms with Crippen LogP contribution in [0, 0.1) is 5.82 Å². The van der Waals surface area contributed by atoms with E-state index in [4.69, 9.17) is 9.84 Å². The van der Waals surface area contributed by atoms with Gasteiger partial charge in [-0.05, 0) is 30.5 Å². The summed E-state index contributed by atoms with van der Waals surface area (Å²) in [5.41, 5.74) is 0.877. The molecule has 0 heterocycles. The second-order valence-corrected chi connectivity index (χ2v) is 7.45. The zero-order chi connectivity index (χ0) is 19.2. The van der Waals surface area contributed by atoms with Gasteiger partial charge in [0, 0.05) is 18.5 Å². The van der Waals surface area contributed by atoms with E-state index in [0.29, 0.717) is 6.42 Å². The first-order chi connectivity index (χ1) is 12.3. The minimum Gasteiger partial charge on any atom is -0.494 e. The van der Waals surface area contributed by atoms with Gasteiger partial charge in [-0.2, -0.15) is 0 Å². The normalized spacial score (nSPS) is 12.5. The highest BCUT2D eigenvalue weighted by Crippen LogP contribution is 2.22. The van der Waals surface area contributed by atoms with Crippen LogP contribution in [0.15, 0.2) is 53.4 Å². The highest BCUT2D eigenvalue weighted by Gasteiger charge is 2.22. The van der Waals surface area contributed by atoms with Crippen molar-refractivity contribution in [1.29, 1.82) is 0 Å². The number of rotatable bonds is 9. The minimum absolute atomic E-state index is 0.127. The van der Waals surface area contributed by atoms with E-state index in [9.17, 15) is 17.6 Å². The molecule has 26 heavy (non-hydrogen) atoms. The van der Waals surface area contributed by atoms with Gasteiger partial charge in [-0.3, -0.25) is 4.79 Å². The molecule has 6 nitrogen and oxygen atoms in total. The molecule has 0 aliphatic rings. The van der Waals surface area contributed by atoms with Crippen molar-refractivity contribution in [1.82, 2.24) is 4.72 Å². The number of sulfonamides is 1. The molecule has 0 fully saturated rings. The summed E-state index contributed by atoms with van der Waals surface area (Å²) in [6.45, 7) is 0. The van der Waals surface area contributed by atoms with Gasteiger partial charge in [-0.25, -0.2) is 17.5 Å². The molecule has 0 aliphatic carbocycles. The van der Waals surface area contributed by atoms with Crippen LogP contribution in [0.25, 0.3) is 0 Å². The van der Waals surface area contributed by atoms with Crippen molar-refractivity contribution in [3.05, 3.63) is 59.9 Å². The Bertz CT molecular complexity index is 855. The molecule has 2 N–H and O–H groups in total. The van der Waals surface area contributed by atoms with Gasteiger partial charge in [0.05, 0.1) is 12.0 Å². The van der Waals surface area contributed by atoms with Crippen molar-refractivity contribution in [3.63, 3.8) is 0 Å². The van der Waals surface area contributed by atoms with Crippen molar-refractivity contribution < 1.29 is 27.4 Å². The Balaban J connectivity index is 2.23. The average molecular weight is 381 g/mol. The largest absolute Gasteiger partial charge is 0.494 e. The van der Waals surface area contributed by atoms with Crippen LogP contribution >= 0.6 is 0 Å². The number of carboxylic acid groups (broad SMARTS) is 1. The summed E-state index contributed by atoms with van der Waals surface area (Å²) in [7, 11) is -2.72. The molecule has 0 aliphatic heterocycles. The summed E-state index contributed by atoms with van der Waals surface area (Å²) in [6, 6.07) is 11.8. The third kappa shape index (κ3) is 5.53. The number of nitrogens with one attached hydrogen (secondary N) is 1. The summed E-state index contributed by atoms with van der Waals surface area (Å²) in [6.07, 6.45) is 0.292. The van der Waals surface area contributed by atoms with Gasteiger partial charge in [0.15, 0.2) is 11.6 Å². The number of carboxylic acids is 1. The molecule has 2 aromatic rings. The van der Waals surface area contributed by atoms with Crippen LogP contribution in [0.4, 0.5) is 4.39 Å². The second kappa shape index (κ2) is 8.77. The van der Waals surface area contributed by atoms with Crippen molar-refractivity contribution >= 4 is 16.0 Å². The summed E-state index contributed by atoms with van der Waals surface area (Å²) in [5.74, 6) is -1.86. The lowest BCUT2D eigenvalue weighted by molar-refractivity contribution is -0.137. The van der Waals surface area contributed by atoms with Crippen LogP contribution < -0.4 is 9.46 Å². The van der Waals surface area contributed by atoms with E-state index >= 15 is 0 Å². The van der Waals surface area contributed by atoms with Gasteiger partial charge >= 0.3 is 5.97 Å². The molecule has 0 spiro atoms. The number of benzene rings is 2. The van der Waals surface area contributed by atoms with Crippen LogP contribution in [-0.4, -0.2) is 32.6 Å². The third-order valence-corrected chi connectivity index (χ3v) is 5.30. The lowest BCUT2D eigenvalue weighted by Gasteiger charge is -2.18. The minimum atomic E-state index is -3.97. The molecule has 0 bridgehead atoms. The highest BCUT2D eigenvalue weighted by molar-refractivity contribution is 7.89. The van der Waals surface area contributed by atoms with Crippen molar-refractivity contribution in [3.8, 4) is 5.75 Å². The highest BCUT2D eigenvalue weighted by atomic mass is 32.2.